The molecule has 4 nitrogen and oxygen atoms in total. The summed E-state index contributed by atoms with van der Waals surface area (Å²) in [5.41, 5.74) is 2.61. The van der Waals surface area contributed by atoms with Crippen LogP contribution in [-0.2, 0) is 11.2 Å². The van der Waals surface area contributed by atoms with Crippen LogP contribution in [0.4, 0.5) is 5.69 Å². The Morgan fingerprint density at radius 2 is 2.14 bits per heavy atom. The van der Waals surface area contributed by atoms with Crippen molar-refractivity contribution >= 4 is 11.6 Å². The van der Waals surface area contributed by atoms with Crippen LogP contribution in [0.15, 0.2) is 24.3 Å². The molecule has 2 aliphatic rings. The first-order valence-corrected chi connectivity index (χ1v) is 7.88. The number of nitrogens with zero attached hydrogens (tertiary/aromatic N) is 1. The molecule has 0 aromatic heterocycles. The summed E-state index contributed by atoms with van der Waals surface area (Å²) in [4.78, 5) is 14.7. The summed E-state index contributed by atoms with van der Waals surface area (Å²) in [6, 6.07) is 8.26. The van der Waals surface area contributed by atoms with Crippen molar-refractivity contribution in [3.05, 3.63) is 29.8 Å². The number of likely N-dealkylation sites (N-methyl/N-ethyl adjacent to an activating group) is 1. The quantitative estimate of drug-likeness (QED) is 0.888. The highest BCUT2D eigenvalue weighted by atomic mass is 16.1. The Bertz CT molecular complexity index is 523. The van der Waals surface area contributed by atoms with Gasteiger partial charge in [0, 0.05) is 24.3 Å². The molecule has 1 atom stereocenters. The summed E-state index contributed by atoms with van der Waals surface area (Å²) < 4.78 is 0. The maximum Gasteiger partial charge on any atom is 0.225 e. The Morgan fingerprint density at radius 3 is 2.81 bits per heavy atom. The van der Waals surface area contributed by atoms with Gasteiger partial charge in [-0.25, -0.2) is 0 Å². The van der Waals surface area contributed by atoms with Gasteiger partial charge in [-0.1, -0.05) is 18.2 Å². The van der Waals surface area contributed by atoms with Crippen LogP contribution in [0.3, 0.4) is 0 Å². The van der Waals surface area contributed by atoms with Gasteiger partial charge in [0.15, 0.2) is 0 Å². The van der Waals surface area contributed by atoms with Gasteiger partial charge < -0.3 is 15.5 Å². The smallest absolute Gasteiger partial charge is 0.225 e. The second kappa shape index (κ2) is 5.68. The zero-order chi connectivity index (χ0) is 14.9. The number of para-hydroxylation sites is 1. The predicted octanol–water partition coefficient (Wildman–Crippen LogP) is 1.87. The molecular weight excluding hydrogens is 262 g/mol. The minimum Gasteiger partial charge on any atom is -0.384 e. The molecule has 0 saturated heterocycles. The molecule has 21 heavy (non-hydrogen) atoms. The first-order chi connectivity index (χ1) is 10.1. The Balaban J connectivity index is 1.57. The van der Waals surface area contributed by atoms with Crippen LogP contribution in [0.2, 0.25) is 0 Å². The Labute approximate surface area is 126 Å². The second-order valence-electron chi connectivity index (χ2n) is 6.63. The normalized spacial score (nSPS) is 22.9. The molecular formula is C17H25N3O. The van der Waals surface area contributed by atoms with Gasteiger partial charge in [0.05, 0.1) is 5.92 Å². The van der Waals surface area contributed by atoms with E-state index in [1.54, 1.807) is 0 Å². The lowest BCUT2D eigenvalue weighted by atomic mass is 9.75. The molecule has 1 fully saturated rings. The van der Waals surface area contributed by atoms with Gasteiger partial charge in [-0.15, -0.1) is 0 Å². The van der Waals surface area contributed by atoms with E-state index < -0.39 is 0 Å². The Hall–Kier alpha value is -1.55. The average Bonchev–Trinajstić information content (AvgIpc) is 2.45. The van der Waals surface area contributed by atoms with Gasteiger partial charge in [-0.2, -0.15) is 0 Å². The predicted molar refractivity (Wildman–Crippen MR) is 85.4 cm³/mol. The van der Waals surface area contributed by atoms with E-state index >= 15 is 0 Å². The Kier molecular flexibility index (Phi) is 3.89. The highest BCUT2D eigenvalue weighted by Gasteiger charge is 2.39. The molecule has 4 heteroatoms. The van der Waals surface area contributed by atoms with Crippen LogP contribution in [0.25, 0.3) is 0 Å². The van der Waals surface area contributed by atoms with Crippen LogP contribution in [0.1, 0.15) is 24.8 Å². The lowest BCUT2D eigenvalue weighted by Crippen LogP contribution is -2.58. The molecule has 0 radical (unpaired) electrons. The first-order valence-electron chi connectivity index (χ1n) is 7.88. The van der Waals surface area contributed by atoms with Crippen molar-refractivity contribution in [3.63, 3.8) is 0 Å². The van der Waals surface area contributed by atoms with Crippen molar-refractivity contribution in [3.8, 4) is 0 Å². The fourth-order valence-electron chi connectivity index (χ4n) is 3.39. The summed E-state index contributed by atoms with van der Waals surface area (Å²) >= 11 is 0. The van der Waals surface area contributed by atoms with Gasteiger partial charge in [0.1, 0.15) is 0 Å². The van der Waals surface area contributed by atoms with E-state index in [0.717, 1.165) is 19.5 Å². The fraction of sp³-hybridized carbons (Fsp3) is 0.588. The molecule has 0 spiro atoms. The van der Waals surface area contributed by atoms with Crippen LogP contribution in [0.5, 0.6) is 0 Å². The van der Waals surface area contributed by atoms with E-state index in [0.29, 0.717) is 0 Å². The lowest BCUT2D eigenvalue weighted by Gasteiger charge is -2.47. The van der Waals surface area contributed by atoms with Crippen molar-refractivity contribution in [1.29, 1.82) is 0 Å². The molecule has 1 aromatic carbocycles. The third-order valence-electron chi connectivity index (χ3n) is 5.22. The molecule has 1 heterocycles. The summed E-state index contributed by atoms with van der Waals surface area (Å²) in [5.74, 6) is 0.226. The van der Waals surface area contributed by atoms with Crippen LogP contribution >= 0.6 is 0 Å². The van der Waals surface area contributed by atoms with Gasteiger partial charge in [-0.3, -0.25) is 4.79 Å². The number of anilines is 1. The van der Waals surface area contributed by atoms with Crippen LogP contribution in [0, 0.1) is 5.92 Å². The van der Waals surface area contributed by atoms with Gasteiger partial charge in [-0.05, 0) is 51.4 Å². The molecule has 114 valence electrons. The minimum absolute atomic E-state index is 0.0409. The largest absolute Gasteiger partial charge is 0.384 e. The number of fused-ring (bicyclic) bond motifs is 1. The number of carbonyl (C=O) groups excluding carboxylic acids is 1. The number of amides is 1. The van der Waals surface area contributed by atoms with Gasteiger partial charge in [0.2, 0.25) is 5.91 Å². The number of hydrogen-bond donors (Lipinski definition) is 2. The SMILES string of the molecule is CN(C)C1(CNC(=O)C2CNc3ccccc3C2)CCC1. The second-order valence-corrected chi connectivity index (χ2v) is 6.63. The average molecular weight is 287 g/mol. The molecule has 1 amide bonds. The van der Waals surface area contributed by atoms with Crippen LogP contribution < -0.4 is 10.6 Å². The maximum absolute atomic E-state index is 12.4. The van der Waals surface area contributed by atoms with Crippen molar-refractivity contribution < 1.29 is 4.79 Å². The third kappa shape index (κ3) is 2.77. The van der Waals surface area contributed by atoms with E-state index in [1.807, 2.05) is 12.1 Å². The zero-order valence-corrected chi connectivity index (χ0v) is 13.0. The summed E-state index contributed by atoms with van der Waals surface area (Å²) in [6.07, 6.45) is 4.48. The van der Waals surface area contributed by atoms with E-state index in [-0.39, 0.29) is 17.4 Å². The summed E-state index contributed by atoms with van der Waals surface area (Å²) in [5, 5.41) is 6.56. The van der Waals surface area contributed by atoms with Crippen LogP contribution in [-0.4, -0.2) is 43.5 Å². The van der Waals surface area contributed by atoms with E-state index in [4.69, 9.17) is 0 Å². The molecule has 1 aliphatic heterocycles. The van der Waals surface area contributed by atoms with E-state index in [1.165, 1.54) is 30.5 Å². The van der Waals surface area contributed by atoms with Crippen molar-refractivity contribution in [2.24, 2.45) is 5.92 Å². The molecule has 2 N–H and O–H groups in total. The van der Waals surface area contributed by atoms with Crippen molar-refractivity contribution in [2.45, 2.75) is 31.2 Å². The maximum atomic E-state index is 12.4. The summed E-state index contributed by atoms with van der Waals surface area (Å²) in [7, 11) is 4.23. The number of rotatable bonds is 4. The fourth-order valence-corrected chi connectivity index (χ4v) is 3.39. The molecule has 1 aliphatic carbocycles. The third-order valence-corrected chi connectivity index (χ3v) is 5.22. The standard InChI is InChI=1S/C17H25N3O/c1-20(2)17(8-5-9-17)12-19-16(21)14-10-13-6-3-4-7-15(13)18-11-14/h3-4,6-7,14,18H,5,8-12H2,1-2H3,(H,19,21). The van der Waals surface area contributed by atoms with E-state index in [2.05, 4.69) is 41.8 Å². The monoisotopic (exact) mass is 287 g/mol. The molecule has 1 aromatic rings. The van der Waals surface area contributed by atoms with Gasteiger partial charge in [0.25, 0.3) is 0 Å². The van der Waals surface area contributed by atoms with Crippen molar-refractivity contribution in [2.75, 3.05) is 32.5 Å². The zero-order valence-electron chi connectivity index (χ0n) is 13.0. The number of carbonyl (C=O) groups is 1. The molecule has 1 unspecified atom stereocenters. The molecule has 3 rings (SSSR count). The summed E-state index contributed by atoms with van der Waals surface area (Å²) in [6.45, 7) is 1.51. The van der Waals surface area contributed by atoms with Gasteiger partial charge >= 0.3 is 0 Å². The molecule has 1 saturated carbocycles. The topological polar surface area (TPSA) is 44.4 Å². The first kappa shape index (κ1) is 14.4. The lowest BCUT2D eigenvalue weighted by molar-refractivity contribution is -0.125. The van der Waals surface area contributed by atoms with Crippen molar-refractivity contribution in [1.82, 2.24) is 10.2 Å². The number of benzene rings is 1. The number of nitrogens with one attached hydrogen (secondary N) is 2. The molecule has 0 bridgehead atoms. The minimum atomic E-state index is 0.0409. The van der Waals surface area contributed by atoms with E-state index in [9.17, 15) is 4.79 Å². The Morgan fingerprint density at radius 1 is 1.38 bits per heavy atom. The number of hydrogen-bond acceptors (Lipinski definition) is 3. The highest BCUT2D eigenvalue weighted by Crippen LogP contribution is 2.35. The highest BCUT2D eigenvalue weighted by molar-refractivity contribution is 5.81.